The van der Waals surface area contributed by atoms with Crippen molar-refractivity contribution in [3.63, 3.8) is 0 Å². The van der Waals surface area contributed by atoms with Gasteiger partial charge in [0.2, 0.25) is 0 Å². The number of alkyl halides is 3. The normalized spacial score (nSPS) is 12.0. The Hall–Kier alpha value is -1.76. The van der Waals surface area contributed by atoms with E-state index in [1.54, 1.807) is 6.20 Å². The Morgan fingerprint density at radius 2 is 2.18 bits per heavy atom. The van der Waals surface area contributed by atoms with E-state index < -0.39 is 12.8 Å². The molecule has 2 aromatic rings. The summed E-state index contributed by atoms with van der Waals surface area (Å²) in [5.41, 5.74) is 7.17. The van der Waals surface area contributed by atoms with Crippen LogP contribution in [0.2, 0.25) is 0 Å². The fraction of sp³-hybridized carbons (Fsp3) is 0.300. The Labute approximate surface area is 94.6 Å². The summed E-state index contributed by atoms with van der Waals surface area (Å²) >= 11 is 0. The number of rotatable bonds is 3. The summed E-state index contributed by atoms with van der Waals surface area (Å²) in [6.45, 7) is -1.07. The fourth-order valence-corrected chi connectivity index (χ4v) is 1.49. The van der Waals surface area contributed by atoms with Crippen molar-refractivity contribution in [1.29, 1.82) is 0 Å². The Morgan fingerprint density at radius 3 is 2.82 bits per heavy atom. The Morgan fingerprint density at radius 1 is 1.41 bits per heavy atom. The van der Waals surface area contributed by atoms with Crippen molar-refractivity contribution in [3.05, 3.63) is 24.0 Å². The maximum absolute atomic E-state index is 12.0. The minimum atomic E-state index is -4.36. The first kappa shape index (κ1) is 11.7. The number of H-pyrrole nitrogens is 1. The number of ether oxygens (including phenoxy) is 1. The van der Waals surface area contributed by atoms with Gasteiger partial charge in [0.05, 0.1) is 5.52 Å². The van der Waals surface area contributed by atoms with Gasteiger partial charge in [0, 0.05) is 30.6 Å². The average Bonchev–Trinajstić information content (AvgIpc) is 2.68. The van der Waals surface area contributed by atoms with Crippen LogP contribution in [0.5, 0.6) is 5.75 Å². The largest absolute Gasteiger partial charge is 0.482 e. The first-order valence-electron chi connectivity index (χ1n) is 4.86. The SMILES string of the molecule is NCc1c[nH]c2c(OCC(F)(F)F)ccnc12. The number of halogens is 3. The molecule has 0 amide bonds. The smallest absolute Gasteiger partial charge is 0.422 e. The quantitative estimate of drug-likeness (QED) is 0.868. The predicted molar refractivity (Wildman–Crippen MR) is 55.5 cm³/mol. The van der Waals surface area contributed by atoms with Crippen LogP contribution >= 0.6 is 0 Å². The first-order valence-corrected chi connectivity index (χ1v) is 4.86. The van der Waals surface area contributed by atoms with Crippen LogP contribution in [0.4, 0.5) is 13.2 Å². The van der Waals surface area contributed by atoms with Crippen LogP contribution in [0.15, 0.2) is 18.5 Å². The van der Waals surface area contributed by atoms with E-state index in [0.717, 1.165) is 5.56 Å². The summed E-state index contributed by atoms with van der Waals surface area (Å²) in [4.78, 5) is 6.85. The van der Waals surface area contributed by atoms with Crippen molar-refractivity contribution in [3.8, 4) is 5.75 Å². The van der Waals surface area contributed by atoms with Gasteiger partial charge in [-0.3, -0.25) is 4.98 Å². The Kier molecular flexibility index (Phi) is 2.93. The second-order valence-electron chi connectivity index (χ2n) is 3.45. The molecule has 3 N–H and O–H groups in total. The van der Waals surface area contributed by atoms with Gasteiger partial charge in [-0.25, -0.2) is 0 Å². The molecule has 0 atom stereocenters. The summed E-state index contributed by atoms with van der Waals surface area (Å²) in [5.74, 6) is 0.118. The molecule has 0 saturated carbocycles. The van der Waals surface area contributed by atoms with Gasteiger partial charge in [-0.1, -0.05) is 0 Å². The van der Waals surface area contributed by atoms with Gasteiger partial charge < -0.3 is 15.5 Å². The number of aromatic amines is 1. The molecular weight excluding hydrogens is 235 g/mol. The number of aromatic nitrogens is 2. The third kappa shape index (κ3) is 2.50. The topological polar surface area (TPSA) is 63.9 Å². The van der Waals surface area contributed by atoms with Gasteiger partial charge in [-0.2, -0.15) is 13.2 Å². The second kappa shape index (κ2) is 4.25. The summed E-state index contributed by atoms with van der Waals surface area (Å²) < 4.78 is 40.8. The number of hydrogen-bond acceptors (Lipinski definition) is 3. The molecule has 0 aliphatic carbocycles. The second-order valence-corrected chi connectivity index (χ2v) is 3.45. The van der Waals surface area contributed by atoms with Crippen molar-refractivity contribution in [2.75, 3.05) is 6.61 Å². The molecule has 0 fully saturated rings. The van der Waals surface area contributed by atoms with E-state index in [0.29, 0.717) is 11.0 Å². The maximum Gasteiger partial charge on any atom is 0.422 e. The van der Waals surface area contributed by atoms with Crippen LogP contribution < -0.4 is 10.5 Å². The van der Waals surface area contributed by atoms with Crippen LogP contribution in [-0.2, 0) is 6.54 Å². The van der Waals surface area contributed by atoms with Crippen LogP contribution in [0.3, 0.4) is 0 Å². The number of nitrogens with two attached hydrogens (primary N) is 1. The lowest BCUT2D eigenvalue weighted by molar-refractivity contribution is -0.153. The minimum absolute atomic E-state index is 0.118. The highest BCUT2D eigenvalue weighted by Crippen LogP contribution is 2.26. The lowest BCUT2D eigenvalue weighted by Crippen LogP contribution is -2.19. The molecule has 7 heteroatoms. The van der Waals surface area contributed by atoms with E-state index in [4.69, 9.17) is 10.5 Å². The van der Waals surface area contributed by atoms with Crippen molar-refractivity contribution in [2.24, 2.45) is 5.73 Å². The molecule has 2 aromatic heterocycles. The van der Waals surface area contributed by atoms with E-state index in [9.17, 15) is 13.2 Å². The Bertz CT molecular complexity index is 521. The number of pyridine rings is 1. The minimum Gasteiger partial charge on any atom is -0.482 e. The van der Waals surface area contributed by atoms with Crippen LogP contribution in [0.1, 0.15) is 5.56 Å². The molecule has 2 rings (SSSR count). The predicted octanol–water partition coefficient (Wildman–Crippen LogP) is 1.96. The molecule has 0 aliphatic heterocycles. The fourth-order valence-electron chi connectivity index (χ4n) is 1.49. The van der Waals surface area contributed by atoms with Crippen molar-refractivity contribution >= 4 is 11.0 Å². The van der Waals surface area contributed by atoms with Gasteiger partial charge >= 0.3 is 6.18 Å². The van der Waals surface area contributed by atoms with Crippen molar-refractivity contribution in [2.45, 2.75) is 12.7 Å². The summed E-state index contributed by atoms with van der Waals surface area (Å²) in [5, 5.41) is 0. The molecular formula is C10H10F3N3O. The third-order valence-corrected chi connectivity index (χ3v) is 2.22. The molecule has 0 aliphatic rings. The van der Waals surface area contributed by atoms with Gasteiger partial charge in [-0.05, 0) is 0 Å². The van der Waals surface area contributed by atoms with Gasteiger partial charge in [0.1, 0.15) is 11.3 Å². The average molecular weight is 245 g/mol. The summed E-state index contributed by atoms with van der Waals surface area (Å²) in [6, 6.07) is 1.38. The highest BCUT2D eigenvalue weighted by molar-refractivity contribution is 5.84. The van der Waals surface area contributed by atoms with Crippen LogP contribution in [0.25, 0.3) is 11.0 Å². The lowest BCUT2D eigenvalue weighted by Gasteiger charge is -2.09. The highest BCUT2D eigenvalue weighted by Gasteiger charge is 2.28. The summed E-state index contributed by atoms with van der Waals surface area (Å²) in [6.07, 6.45) is -1.36. The molecule has 2 heterocycles. The molecule has 0 aromatic carbocycles. The van der Waals surface area contributed by atoms with E-state index in [-0.39, 0.29) is 12.3 Å². The van der Waals surface area contributed by atoms with E-state index in [1.165, 1.54) is 12.3 Å². The Balaban J connectivity index is 2.32. The standard InChI is InChI=1S/C10H10F3N3O/c11-10(12,13)5-17-7-1-2-15-8-6(3-14)4-16-9(7)8/h1-2,4,16H,3,5,14H2. The van der Waals surface area contributed by atoms with Gasteiger partial charge in [0.25, 0.3) is 0 Å². The molecule has 0 saturated heterocycles. The number of nitrogens with zero attached hydrogens (tertiary/aromatic N) is 1. The van der Waals surface area contributed by atoms with E-state index in [1.807, 2.05) is 0 Å². The first-order chi connectivity index (χ1) is 8.01. The van der Waals surface area contributed by atoms with Crippen LogP contribution in [-0.4, -0.2) is 22.8 Å². The molecule has 0 bridgehead atoms. The maximum atomic E-state index is 12.0. The number of hydrogen-bond donors (Lipinski definition) is 2. The van der Waals surface area contributed by atoms with Crippen LogP contribution in [0, 0.1) is 0 Å². The van der Waals surface area contributed by atoms with E-state index in [2.05, 4.69) is 9.97 Å². The number of nitrogens with one attached hydrogen (secondary N) is 1. The van der Waals surface area contributed by atoms with Gasteiger partial charge in [0.15, 0.2) is 6.61 Å². The van der Waals surface area contributed by atoms with Crippen molar-refractivity contribution < 1.29 is 17.9 Å². The van der Waals surface area contributed by atoms with Crippen molar-refractivity contribution in [1.82, 2.24) is 9.97 Å². The molecule has 0 radical (unpaired) electrons. The molecule has 4 nitrogen and oxygen atoms in total. The lowest BCUT2D eigenvalue weighted by atomic mass is 10.2. The molecule has 17 heavy (non-hydrogen) atoms. The van der Waals surface area contributed by atoms with Gasteiger partial charge in [-0.15, -0.1) is 0 Å². The molecule has 0 unspecified atom stereocenters. The number of fused-ring (bicyclic) bond motifs is 1. The molecule has 0 spiro atoms. The summed E-state index contributed by atoms with van der Waals surface area (Å²) in [7, 11) is 0. The molecule has 92 valence electrons. The zero-order chi connectivity index (χ0) is 12.5. The third-order valence-electron chi connectivity index (χ3n) is 2.22. The van der Waals surface area contributed by atoms with E-state index >= 15 is 0 Å². The highest BCUT2D eigenvalue weighted by atomic mass is 19.4. The zero-order valence-corrected chi connectivity index (χ0v) is 8.71. The monoisotopic (exact) mass is 245 g/mol. The zero-order valence-electron chi connectivity index (χ0n) is 8.71.